The largest absolute Gasteiger partial charge is 0.489 e. The lowest BCUT2D eigenvalue weighted by molar-refractivity contribution is 0.0696. The van der Waals surface area contributed by atoms with Gasteiger partial charge in [-0.15, -0.1) is 0 Å². The van der Waals surface area contributed by atoms with Gasteiger partial charge in [0.25, 0.3) is 0 Å². The van der Waals surface area contributed by atoms with Crippen molar-refractivity contribution < 1.29 is 14.6 Å². The fourth-order valence-corrected chi connectivity index (χ4v) is 2.31. The highest BCUT2D eigenvalue weighted by Crippen LogP contribution is 2.22. The lowest BCUT2D eigenvalue weighted by Gasteiger charge is -2.10. The summed E-state index contributed by atoms with van der Waals surface area (Å²) in [7, 11) is 0. The van der Waals surface area contributed by atoms with Crippen LogP contribution in [0.4, 0.5) is 0 Å². The molecule has 1 aromatic carbocycles. The zero-order chi connectivity index (χ0) is 16.9. The van der Waals surface area contributed by atoms with Crippen LogP contribution in [0.5, 0.6) is 5.75 Å². The number of pyridine rings is 2. The Hall–Kier alpha value is -3.21. The minimum atomic E-state index is -0.972. The summed E-state index contributed by atoms with van der Waals surface area (Å²) in [6.07, 6.45) is 7.01. The SMILES string of the molecule is Cc1ccc(C(=O)O)cc1OCc1cncc(-c2cccnc2)c1. The first-order valence-electron chi connectivity index (χ1n) is 7.44. The second-order valence-electron chi connectivity index (χ2n) is 5.40. The van der Waals surface area contributed by atoms with Crippen LogP contribution in [0.15, 0.2) is 61.2 Å². The average Bonchev–Trinajstić information content (AvgIpc) is 2.62. The Kier molecular flexibility index (Phi) is 4.52. The van der Waals surface area contributed by atoms with Crippen molar-refractivity contribution in [2.75, 3.05) is 0 Å². The van der Waals surface area contributed by atoms with Crippen molar-refractivity contribution >= 4 is 5.97 Å². The topological polar surface area (TPSA) is 72.3 Å². The van der Waals surface area contributed by atoms with E-state index in [-0.39, 0.29) is 5.56 Å². The number of nitrogens with zero attached hydrogens (tertiary/aromatic N) is 2. The zero-order valence-electron chi connectivity index (χ0n) is 13.1. The minimum absolute atomic E-state index is 0.206. The molecule has 0 aliphatic rings. The van der Waals surface area contributed by atoms with Gasteiger partial charge in [-0.2, -0.15) is 0 Å². The second-order valence-corrected chi connectivity index (χ2v) is 5.40. The van der Waals surface area contributed by atoms with E-state index in [1.165, 1.54) is 6.07 Å². The van der Waals surface area contributed by atoms with E-state index >= 15 is 0 Å². The maximum Gasteiger partial charge on any atom is 0.335 e. The zero-order valence-corrected chi connectivity index (χ0v) is 13.1. The van der Waals surface area contributed by atoms with E-state index in [4.69, 9.17) is 9.84 Å². The standard InChI is InChI=1S/C19H16N2O3/c1-13-4-5-15(19(22)23)8-18(13)24-12-14-7-17(11-21-9-14)16-3-2-6-20-10-16/h2-11H,12H2,1H3,(H,22,23). The molecule has 120 valence electrons. The van der Waals surface area contributed by atoms with Crippen LogP contribution >= 0.6 is 0 Å². The molecule has 1 N–H and O–H groups in total. The van der Waals surface area contributed by atoms with Gasteiger partial charge < -0.3 is 9.84 Å². The first-order valence-corrected chi connectivity index (χ1v) is 7.44. The highest BCUT2D eigenvalue weighted by atomic mass is 16.5. The number of aryl methyl sites for hydroxylation is 1. The molecule has 0 unspecified atom stereocenters. The molecule has 3 aromatic rings. The Labute approximate surface area is 139 Å². The van der Waals surface area contributed by atoms with E-state index in [9.17, 15) is 4.79 Å². The van der Waals surface area contributed by atoms with Crippen molar-refractivity contribution in [1.82, 2.24) is 9.97 Å². The van der Waals surface area contributed by atoms with Gasteiger partial charge >= 0.3 is 5.97 Å². The Morgan fingerprint density at radius 1 is 1.08 bits per heavy atom. The summed E-state index contributed by atoms with van der Waals surface area (Å²) in [6, 6.07) is 10.7. The third kappa shape index (κ3) is 3.57. The molecule has 0 saturated heterocycles. The third-order valence-electron chi connectivity index (χ3n) is 3.62. The van der Waals surface area contributed by atoms with Gasteiger partial charge in [-0.3, -0.25) is 9.97 Å². The Morgan fingerprint density at radius 3 is 2.67 bits per heavy atom. The molecule has 0 aliphatic heterocycles. The lowest BCUT2D eigenvalue weighted by Crippen LogP contribution is -2.01. The molecular weight excluding hydrogens is 304 g/mol. The van der Waals surface area contributed by atoms with Gasteiger partial charge in [-0.05, 0) is 36.8 Å². The lowest BCUT2D eigenvalue weighted by atomic mass is 10.1. The number of carbonyl (C=O) groups is 1. The number of hydrogen-bond donors (Lipinski definition) is 1. The molecule has 0 amide bonds. The number of aromatic carboxylic acids is 1. The smallest absolute Gasteiger partial charge is 0.335 e. The van der Waals surface area contributed by atoms with Crippen LogP contribution in [0.3, 0.4) is 0 Å². The quantitative estimate of drug-likeness (QED) is 0.775. The molecule has 2 aromatic heterocycles. The predicted molar refractivity (Wildman–Crippen MR) is 89.9 cm³/mol. The van der Waals surface area contributed by atoms with Crippen LogP contribution in [0, 0.1) is 6.92 Å². The number of hydrogen-bond acceptors (Lipinski definition) is 4. The van der Waals surface area contributed by atoms with Crippen LogP contribution in [0.1, 0.15) is 21.5 Å². The summed E-state index contributed by atoms with van der Waals surface area (Å²) in [5.74, 6) is -0.415. The van der Waals surface area contributed by atoms with E-state index in [0.29, 0.717) is 12.4 Å². The van der Waals surface area contributed by atoms with Crippen LogP contribution in [-0.2, 0) is 6.61 Å². The highest BCUT2D eigenvalue weighted by Gasteiger charge is 2.08. The van der Waals surface area contributed by atoms with E-state index in [2.05, 4.69) is 9.97 Å². The summed E-state index contributed by atoms with van der Waals surface area (Å²) in [5, 5.41) is 9.08. The molecule has 0 radical (unpaired) electrons. The van der Waals surface area contributed by atoms with Crippen LogP contribution < -0.4 is 4.74 Å². The molecule has 0 atom stereocenters. The molecule has 5 nitrogen and oxygen atoms in total. The predicted octanol–water partition coefficient (Wildman–Crippen LogP) is 3.73. The second kappa shape index (κ2) is 6.91. The normalized spacial score (nSPS) is 10.4. The average molecular weight is 320 g/mol. The van der Waals surface area contributed by atoms with Gasteiger partial charge in [-0.25, -0.2) is 4.79 Å². The van der Waals surface area contributed by atoms with Crippen molar-refractivity contribution in [3.8, 4) is 16.9 Å². The van der Waals surface area contributed by atoms with Gasteiger partial charge in [-0.1, -0.05) is 12.1 Å². The maximum atomic E-state index is 11.1. The maximum absolute atomic E-state index is 11.1. The summed E-state index contributed by atoms with van der Waals surface area (Å²) >= 11 is 0. The van der Waals surface area contributed by atoms with Crippen molar-refractivity contribution in [2.45, 2.75) is 13.5 Å². The van der Waals surface area contributed by atoms with Gasteiger partial charge in [0.15, 0.2) is 0 Å². The van der Waals surface area contributed by atoms with Crippen molar-refractivity contribution in [3.63, 3.8) is 0 Å². The molecule has 0 bridgehead atoms. The number of ether oxygens (including phenoxy) is 1. The molecular formula is C19H16N2O3. The number of carboxylic acids is 1. The first-order chi connectivity index (χ1) is 11.6. The van der Waals surface area contributed by atoms with Gasteiger partial charge in [0.05, 0.1) is 5.56 Å². The number of aromatic nitrogens is 2. The Morgan fingerprint density at radius 2 is 1.92 bits per heavy atom. The third-order valence-corrected chi connectivity index (χ3v) is 3.62. The van der Waals surface area contributed by atoms with Crippen LogP contribution in [0.25, 0.3) is 11.1 Å². The molecule has 24 heavy (non-hydrogen) atoms. The number of benzene rings is 1. The van der Waals surface area contributed by atoms with Gasteiger partial charge in [0, 0.05) is 41.5 Å². The summed E-state index contributed by atoms with van der Waals surface area (Å²) in [4.78, 5) is 19.4. The minimum Gasteiger partial charge on any atom is -0.489 e. The monoisotopic (exact) mass is 320 g/mol. The fourth-order valence-electron chi connectivity index (χ4n) is 2.31. The summed E-state index contributed by atoms with van der Waals surface area (Å²) in [5.41, 5.74) is 3.93. The van der Waals surface area contributed by atoms with E-state index in [1.807, 2.05) is 25.1 Å². The summed E-state index contributed by atoms with van der Waals surface area (Å²) < 4.78 is 5.79. The van der Waals surface area contributed by atoms with Gasteiger partial charge in [0.1, 0.15) is 12.4 Å². The van der Waals surface area contributed by atoms with E-state index in [1.54, 1.807) is 36.9 Å². The Bertz CT molecular complexity index is 863. The highest BCUT2D eigenvalue weighted by molar-refractivity contribution is 5.88. The molecule has 3 rings (SSSR count). The van der Waals surface area contributed by atoms with Crippen LogP contribution in [0.2, 0.25) is 0 Å². The molecule has 0 aliphatic carbocycles. The number of rotatable bonds is 5. The molecule has 0 fully saturated rings. The van der Waals surface area contributed by atoms with Crippen molar-refractivity contribution in [2.24, 2.45) is 0 Å². The Balaban J connectivity index is 1.78. The fraction of sp³-hybridized carbons (Fsp3) is 0.105. The van der Waals surface area contributed by atoms with E-state index < -0.39 is 5.97 Å². The van der Waals surface area contributed by atoms with Crippen molar-refractivity contribution in [1.29, 1.82) is 0 Å². The molecule has 5 heteroatoms. The molecule has 0 spiro atoms. The van der Waals surface area contributed by atoms with Crippen molar-refractivity contribution in [3.05, 3.63) is 77.9 Å². The van der Waals surface area contributed by atoms with Crippen LogP contribution in [-0.4, -0.2) is 21.0 Å². The summed E-state index contributed by atoms with van der Waals surface area (Å²) in [6.45, 7) is 2.19. The number of carboxylic acid groups (broad SMARTS) is 1. The first kappa shape index (κ1) is 15.7. The molecule has 0 saturated carbocycles. The van der Waals surface area contributed by atoms with Gasteiger partial charge in [0.2, 0.25) is 0 Å². The van der Waals surface area contributed by atoms with E-state index in [0.717, 1.165) is 22.3 Å². The molecule has 2 heterocycles.